The van der Waals surface area contributed by atoms with Crippen molar-refractivity contribution in [2.24, 2.45) is 5.92 Å². The molecule has 3 unspecified atom stereocenters. The van der Waals surface area contributed by atoms with Gasteiger partial charge in [0.25, 0.3) is 0 Å². The predicted molar refractivity (Wildman–Crippen MR) is 131 cm³/mol. The molecule has 5 amide bonds. The predicted octanol–water partition coefficient (Wildman–Crippen LogP) is 1.54. The van der Waals surface area contributed by atoms with Crippen molar-refractivity contribution in [3.05, 3.63) is 23.8 Å². The van der Waals surface area contributed by atoms with Crippen LogP contribution < -0.4 is 20.1 Å². The summed E-state index contributed by atoms with van der Waals surface area (Å²) in [5, 5.41) is 5.70. The van der Waals surface area contributed by atoms with Gasteiger partial charge in [0.15, 0.2) is 11.5 Å². The van der Waals surface area contributed by atoms with Gasteiger partial charge in [-0.1, -0.05) is 18.9 Å². The number of urea groups is 1. The molecule has 1 saturated carbocycles. The highest BCUT2D eigenvalue weighted by Crippen LogP contribution is 2.35. The van der Waals surface area contributed by atoms with Crippen molar-refractivity contribution in [1.29, 1.82) is 0 Å². The number of amides is 5. The van der Waals surface area contributed by atoms with E-state index in [1.54, 1.807) is 6.07 Å². The van der Waals surface area contributed by atoms with Crippen LogP contribution in [-0.4, -0.2) is 78.7 Å². The molecule has 11 nitrogen and oxygen atoms in total. The van der Waals surface area contributed by atoms with Crippen LogP contribution in [0.5, 0.6) is 11.5 Å². The number of rotatable bonds is 9. The summed E-state index contributed by atoms with van der Waals surface area (Å²) >= 11 is 0. The van der Waals surface area contributed by atoms with Crippen molar-refractivity contribution in [3.8, 4) is 11.5 Å². The highest BCUT2D eigenvalue weighted by molar-refractivity contribution is 6.00. The maximum absolute atomic E-state index is 13.4. The van der Waals surface area contributed by atoms with E-state index in [0.717, 1.165) is 36.1 Å². The normalized spacial score (nSPS) is 24.7. The van der Waals surface area contributed by atoms with Crippen LogP contribution in [-0.2, 0) is 25.7 Å². The monoisotopic (exact) mass is 514 g/mol. The van der Waals surface area contributed by atoms with Crippen LogP contribution in [0.3, 0.4) is 0 Å². The zero-order valence-electron chi connectivity index (χ0n) is 20.9. The number of carbonyl (C=O) groups is 4. The quantitative estimate of drug-likeness (QED) is 0.512. The Bertz CT molecular complexity index is 1040. The molecular weight excluding hydrogens is 480 g/mol. The topological polar surface area (TPSA) is 127 Å². The van der Waals surface area contributed by atoms with Crippen molar-refractivity contribution in [3.63, 3.8) is 0 Å². The fourth-order valence-electron chi connectivity index (χ4n) is 5.55. The summed E-state index contributed by atoms with van der Waals surface area (Å²) in [5.41, 5.74) is 0.855. The first kappa shape index (κ1) is 25.3. The Balaban J connectivity index is 1.16. The van der Waals surface area contributed by atoms with Gasteiger partial charge < -0.3 is 29.7 Å². The fourth-order valence-corrected chi connectivity index (χ4v) is 5.55. The van der Waals surface area contributed by atoms with Gasteiger partial charge in [0.2, 0.25) is 24.5 Å². The number of hydrogen-bond donors (Lipinski definition) is 2. The van der Waals surface area contributed by atoms with Gasteiger partial charge in [-0.25, -0.2) is 4.79 Å². The average molecular weight is 515 g/mol. The molecule has 4 aliphatic rings. The Morgan fingerprint density at radius 2 is 1.81 bits per heavy atom. The molecule has 1 aliphatic carbocycles. The molecule has 0 bridgehead atoms. The molecule has 0 spiro atoms. The zero-order chi connectivity index (χ0) is 25.8. The molecule has 37 heavy (non-hydrogen) atoms. The number of imide groups is 1. The Morgan fingerprint density at radius 1 is 0.973 bits per heavy atom. The van der Waals surface area contributed by atoms with E-state index in [4.69, 9.17) is 14.2 Å². The zero-order valence-corrected chi connectivity index (χ0v) is 20.9. The number of fused-ring (bicyclic) bond motifs is 2. The summed E-state index contributed by atoms with van der Waals surface area (Å²) in [6.07, 6.45) is 5.09. The second-order valence-corrected chi connectivity index (χ2v) is 10.0. The maximum Gasteiger partial charge on any atom is 0.327 e. The van der Waals surface area contributed by atoms with E-state index < -0.39 is 6.03 Å². The molecule has 200 valence electrons. The van der Waals surface area contributed by atoms with Crippen LogP contribution in [0.15, 0.2) is 18.2 Å². The van der Waals surface area contributed by atoms with E-state index in [9.17, 15) is 19.2 Å². The highest BCUT2D eigenvalue weighted by Gasteiger charge is 2.47. The van der Waals surface area contributed by atoms with E-state index in [0.29, 0.717) is 44.0 Å². The Hall–Kier alpha value is -3.34. The summed E-state index contributed by atoms with van der Waals surface area (Å²) in [4.78, 5) is 54.5. The van der Waals surface area contributed by atoms with Crippen molar-refractivity contribution in [2.75, 3.05) is 33.0 Å². The lowest BCUT2D eigenvalue weighted by Gasteiger charge is -2.46. The first-order valence-electron chi connectivity index (χ1n) is 13.1. The van der Waals surface area contributed by atoms with Crippen LogP contribution in [0.1, 0.15) is 50.5 Å². The van der Waals surface area contributed by atoms with Crippen molar-refractivity contribution < 1.29 is 33.4 Å². The molecule has 3 heterocycles. The molecule has 1 aromatic carbocycles. The molecule has 0 aromatic heterocycles. The van der Waals surface area contributed by atoms with E-state index >= 15 is 0 Å². The molecule has 3 fully saturated rings. The minimum absolute atomic E-state index is 0.0117. The van der Waals surface area contributed by atoms with Gasteiger partial charge in [0, 0.05) is 38.7 Å². The fraction of sp³-hybridized carbons (Fsp3) is 0.615. The van der Waals surface area contributed by atoms with Gasteiger partial charge in [-0.05, 0) is 43.4 Å². The van der Waals surface area contributed by atoms with Crippen LogP contribution >= 0.6 is 0 Å². The van der Waals surface area contributed by atoms with Crippen molar-refractivity contribution >= 4 is 23.8 Å². The smallest absolute Gasteiger partial charge is 0.327 e. The first-order chi connectivity index (χ1) is 18.0. The molecule has 2 saturated heterocycles. The SMILES string of the molecule is O=C(CCN1C(=O)C2CCCCC2N(CC(=O)NCC2CCCO2)C1=O)NCc1ccc2c(c1)OCO2. The third-order valence-electron chi connectivity index (χ3n) is 7.54. The van der Waals surface area contributed by atoms with Gasteiger partial charge >= 0.3 is 6.03 Å². The molecule has 3 atom stereocenters. The number of carbonyl (C=O) groups excluding carboxylic acids is 4. The van der Waals surface area contributed by atoms with Gasteiger partial charge in [-0.3, -0.25) is 19.3 Å². The lowest BCUT2D eigenvalue weighted by molar-refractivity contribution is -0.142. The average Bonchev–Trinajstić information content (AvgIpc) is 3.60. The van der Waals surface area contributed by atoms with Crippen molar-refractivity contribution in [1.82, 2.24) is 20.4 Å². The molecule has 11 heteroatoms. The molecule has 5 rings (SSSR count). The minimum atomic E-state index is -0.496. The Morgan fingerprint density at radius 3 is 2.65 bits per heavy atom. The summed E-state index contributed by atoms with van der Waals surface area (Å²) in [5.74, 6) is 0.193. The number of nitrogens with one attached hydrogen (secondary N) is 2. The summed E-state index contributed by atoms with van der Waals surface area (Å²) < 4.78 is 16.2. The third kappa shape index (κ3) is 5.82. The first-order valence-corrected chi connectivity index (χ1v) is 13.1. The third-order valence-corrected chi connectivity index (χ3v) is 7.54. The summed E-state index contributed by atoms with van der Waals surface area (Å²) in [6.45, 7) is 1.46. The Kier molecular flexibility index (Phi) is 7.78. The number of hydrogen-bond acceptors (Lipinski definition) is 7. The molecule has 0 radical (unpaired) electrons. The van der Waals surface area contributed by atoms with E-state index in [-0.39, 0.29) is 62.1 Å². The van der Waals surface area contributed by atoms with E-state index in [1.807, 2.05) is 12.1 Å². The second-order valence-electron chi connectivity index (χ2n) is 10.0. The maximum atomic E-state index is 13.4. The van der Waals surface area contributed by atoms with Crippen LogP contribution in [0.2, 0.25) is 0 Å². The van der Waals surface area contributed by atoms with Crippen molar-refractivity contribution in [2.45, 2.75) is 63.6 Å². The standard InChI is InChI=1S/C26H34N4O7/c31-23(27-13-17-7-8-21-22(12-17)37-16-36-21)9-10-29-25(33)19-5-1-2-6-20(19)30(26(29)34)15-24(32)28-14-18-4-3-11-35-18/h7-8,12,18-20H,1-6,9-11,13-16H2,(H,27,31)(H,28,32). The van der Waals surface area contributed by atoms with Gasteiger partial charge in [-0.2, -0.15) is 0 Å². The lowest BCUT2D eigenvalue weighted by Crippen LogP contribution is -2.64. The summed E-state index contributed by atoms with van der Waals surface area (Å²) in [7, 11) is 0. The molecular formula is C26H34N4O7. The number of benzene rings is 1. The molecule has 3 aliphatic heterocycles. The van der Waals surface area contributed by atoms with Crippen LogP contribution in [0, 0.1) is 5.92 Å². The lowest BCUT2D eigenvalue weighted by atomic mass is 9.81. The highest BCUT2D eigenvalue weighted by atomic mass is 16.7. The summed E-state index contributed by atoms with van der Waals surface area (Å²) in [6, 6.07) is 4.67. The molecule has 2 N–H and O–H groups in total. The second kappa shape index (κ2) is 11.4. The Labute approximate surface area is 215 Å². The minimum Gasteiger partial charge on any atom is -0.454 e. The van der Waals surface area contributed by atoms with Crippen LogP contribution in [0.4, 0.5) is 4.79 Å². The number of ether oxygens (including phenoxy) is 3. The van der Waals surface area contributed by atoms with Crippen LogP contribution in [0.25, 0.3) is 0 Å². The van der Waals surface area contributed by atoms with Gasteiger partial charge in [0.05, 0.1) is 12.0 Å². The van der Waals surface area contributed by atoms with E-state index in [2.05, 4.69) is 10.6 Å². The van der Waals surface area contributed by atoms with E-state index in [1.165, 1.54) is 4.90 Å². The number of nitrogens with zero attached hydrogens (tertiary/aromatic N) is 2. The largest absolute Gasteiger partial charge is 0.454 e. The molecule has 1 aromatic rings. The van der Waals surface area contributed by atoms with Gasteiger partial charge in [-0.15, -0.1) is 0 Å². The van der Waals surface area contributed by atoms with Gasteiger partial charge in [0.1, 0.15) is 6.54 Å².